The molecule has 4 nitrogen and oxygen atoms in total. The van der Waals surface area contributed by atoms with Crippen LogP contribution in [0.5, 0.6) is 0 Å². The summed E-state index contributed by atoms with van der Waals surface area (Å²) in [6.45, 7) is 0.424. The monoisotopic (exact) mass is 391 g/mol. The summed E-state index contributed by atoms with van der Waals surface area (Å²) < 4.78 is 2.91. The maximum absolute atomic E-state index is 12.0. The molecular formula is C17H15BrClN3O. The van der Waals surface area contributed by atoms with Gasteiger partial charge in [0.25, 0.3) is 0 Å². The molecule has 0 fully saturated rings. The summed E-state index contributed by atoms with van der Waals surface area (Å²) >= 11 is 9.36. The van der Waals surface area contributed by atoms with E-state index in [-0.39, 0.29) is 5.91 Å². The Balaban J connectivity index is 1.53. The first-order chi connectivity index (χ1) is 11.1. The first kappa shape index (κ1) is 16.0. The number of rotatable bonds is 5. The minimum Gasteiger partial charge on any atom is -0.350 e. The maximum atomic E-state index is 12.0. The highest BCUT2D eigenvalue weighted by Crippen LogP contribution is 2.13. The van der Waals surface area contributed by atoms with Crippen molar-refractivity contribution in [3.05, 3.63) is 69.5 Å². The Morgan fingerprint density at radius 1 is 1.26 bits per heavy atom. The lowest BCUT2D eigenvalue weighted by atomic mass is 10.1. The molecule has 118 valence electrons. The molecule has 0 aliphatic carbocycles. The fourth-order valence-electron chi connectivity index (χ4n) is 2.33. The Morgan fingerprint density at radius 2 is 2.13 bits per heavy atom. The van der Waals surface area contributed by atoms with Gasteiger partial charge in [-0.15, -0.1) is 0 Å². The molecule has 3 rings (SSSR count). The van der Waals surface area contributed by atoms with Crippen molar-refractivity contribution in [2.24, 2.45) is 0 Å². The van der Waals surface area contributed by atoms with Gasteiger partial charge in [0.05, 0.1) is 12.2 Å². The maximum Gasteiger partial charge on any atom is 0.220 e. The number of aromatic nitrogens is 2. The number of nitrogens with one attached hydrogen (secondary N) is 1. The first-order valence-electron chi connectivity index (χ1n) is 7.24. The molecule has 0 aliphatic rings. The van der Waals surface area contributed by atoms with Crippen LogP contribution in [0, 0.1) is 0 Å². The predicted molar refractivity (Wildman–Crippen MR) is 94.5 cm³/mol. The molecule has 2 heterocycles. The molecule has 2 aromatic heterocycles. The number of aryl methyl sites for hydroxylation is 1. The van der Waals surface area contributed by atoms with E-state index in [2.05, 4.69) is 26.2 Å². The van der Waals surface area contributed by atoms with Crippen LogP contribution in [0.4, 0.5) is 0 Å². The summed E-state index contributed by atoms with van der Waals surface area (Å²) in [6.07, 6.45) is 4.95. The van der Waals surface area contributed by atoms with Gasteiger partial charge in [-0.25, -0.2) is 4.98 Å². The third kappa shape index (κ3) is 4.33. The standard InChI is InChI=1S/C17H15BrClN3O/c18-13-5-6-16-21-15(11-22(16)10-13)9-20-17(23)7-4-12-2-1-3-14(19)8-12/h1-3,5-6,8,10-11H,4,7,9H2,(H,20,23). The summed E-state index contributed by atoms with van der Waals surface area (Å²) in [5.41, 5.74) is 2.75. The van der Waals surface area contributed by atoms with Gasteiger partial charge in [-0.2, -0.15) is 0 Å². The van der Waals surface area contributed by atoms with Gasteiger partial charge in [-0.1, -0.05) is 23.7 Å². The van der Waals surface area contributed by atoms with E-state index in [1.54, 1.807) is 0 Å². The van der Waals surface area contributed by atoms with Gasteiger partial charge < -0.3 is 9.72 Å². The van der Waals surface area contributed by atoms with Crippen LogP contribution in [-0.4, -0.2) is 15.3 Å². The van der Waals surface area contributed by atoms with Crippen LogP contribution in [0.1, 0.15) is 17.7 Å². The molecule has 0 bridgehead atoms. The quantitative estimate of drug-likeness (QED) is 0.713. The molecule has 0 saturated heterocycles. The number of amides is 1. The van der Waals surface area contributed by atoms with Gasteiger partial charge >= 0.3 is 0 Å². The fraction of sp³-hybridized carbons (Fsp3) is 0.176. The summed E-state index contributed by atoms with van der Waals surface area (Å²) in [6, 6.07) is 11.4. The Morgan fingerprint density at radius 3 is 2.96 bits per heavy atom. The van der Waals surface area contributed by atoms with E-state index in [0.29, 0.717) is 24.4 Å². The molecule has 0 saturated carbocycles. The molecule has 0 radical (unpaired) electrons. The number of hydrogen-bond acceptors (Lipinski definition) is 2. The molecule has 0 aliphatic heterocycles. The van der Waals surface area contributed by atoms with Crippen molar-refractivity contribution in [3.63, 3.8) is 0 Å². The van der Waals surface area contributed by atoms with Gasteiger partial charge in [0.2, 0.25) is 5.91 Å². The van der Waals surface area contributed by atoms with E-state index in [0.717, 1.165) is 21.4 Å². The van der Waals surface area contributed by atoms with Crippen LogP contribution in [-0.2, 0) is 17.8 Å². The third-order valence-corrected chi connectivity index (χ3v) is 4.17. The molecule has 0 atom stereocenters. The van der Waals surface area contributed by atoms with Gasteiger partial charge in [0.15, 0.2) is 0 Å². The number of pyridine rings is 1. The summed E-state index contributed by atoms with van der Waals surface area (Å²) in [5.74, 6) is 0.00297. The molecular weight excluding hydrogens is 378 g/mol. The molecule has 1 amide bonds. The molecule has 3 aromatic rings. The number of hydrogen-bond donors (Lipinski definition) is 1. The van der Waals surface area contributed by atoms with Gasteiger partial charge in [0, 0.05) is 28.3 Å². The minimum absolute atomic E-state index is 0.00297. The van der Waals surface area contributed by atoms with E-state index in [1.165, 1.54) is 0 Å². The Hall–Kier alpha value is -1.85. The second-order valence-corrected chi connectivity index (χ2v) is 6.60. The van der Waals surface area contributed by atoms with Crippen LogP contribution in [0.25, 0.3) is 5.65 Å². The average Bonchev–Trinajstić information content (AvgIpc) is 2.93. The molecule has 0 spiro atoms. The zero-order chi connectivity index (χ0) is 16.2. The van der Waals surface area contributed by atoms with Crippen LogP contribution in [0.2, 0.25) is 5.02 Å². The molecule has 23 heavy (non-hydrogen) atoms. The van der Waals surface area contributed by atoms with Crippen molar-refractivity contribution in [2.75, 3.05) is 0 Å². The van der Waals surface area contributed by atoms with Gasteiger partial charge in [-0.05, 0) is 52.2 Å². The van der Waals surface area contributed by atoms with E-state index in [1.807, 2.05) is 53.2 Å². The van der Waals surface area contributed by atoms with Crippen molar-refractivity contribution >= 4 is 39.1 Å². The number of halogens is 2. The normalized spacial score (nSPS) is 10.9. The highest BCUT2D eigenvalue weighted by Gasteiger charge is 2.06. The summed E-state index contributed by atoms with van der Waals surface area (Å²) in [4.78, 5) is 16.4. The minimum atomic E-state index is 0.00297. The van der Waals surface area contributed by atoms with E-state index >= 15 is 0 Å². The second-order valence-electron chi connectivity index (χ2n) is 5.25. The first-order valence-corrected chi connectivity index (χ1v) is 8.41. The lowest BCUT2D eigenvalue weighted by molar-refractivity contribution is -0.121. The molecule has 0 unspecified atom stereocenters. The summed E-state index contributed by atoms with van der Waals surface area (Å²) in [7, 11) is 0. The van der Waals surface area contributed by atoms with E-state index in [4.69, 9.17) is 11.6 Å². The highest BCUT2D eigenvalue weighted by atomic mass is 79.9. The highest BCUT2D eigenvalue weighted by molar-refractivity contribution is 9.10. The number of nitrogens with zero attached hydrogens (tertiary/aromatic N) is 2. The number of fused-ring (bicyclic) bond motifs is 1. The molecule has 6 heteroatoms. The Labute approximate surface area is 147 Å². The number of benzene rings is 1. The topological polar surface area (TPSA) is 46.4 Å². The molecule has 1 N–H and O–H groups in total. The SMILES string of the molecule is O=C(CCc1cccc(Cl)c1)NCc1cn2cc(Br)ccc2n1. The smallest absolute Gasteiger partial charge is 0.220 e. The van der Waals surface area contributed by atoms with Crippen LogP contribution < -0.4 is 5.32 Å². The number of carbonyl (C=O) groups excluding carboxylic acids is 1. The zero-order valence-electron chi connectivity index (χ0n) is 12.3. The Kier molecular flexibility index (Phi) is 4.98. The van der Waals surface area contributed by atoms with Gasteiger partial charge in [-0.3, -0.25) is 4.79 Å². The van der Waals surface area contributed by atoms with Crippen LogP contribution in [0.3, 0.4) is 0 Å². The second kappa shape index (κ2) is 7.15. The van der Waals surface area contributed by atoms with Crippen molar-refractivity contribution in [3.8, 4) is 0 Å². The number of imidazole rings is 1. The zero-order valence-corrected chi connectivity index (χ0v) is 14.6. The van der Waals surface area contributed by atoms with Gasteiger partial charge in [0.1, 0.15) is 5.65 Å². The third-order valence-electron chi connectivity index (χ3n) is 3.46. The van der Waals surface area contributed by atoms with Crippen molar-refractivity contribution < 1.29 is 4.79 Å². The predicted octanol–water partition coefficient (Wildman–Crippen LogP) is 4.00. The average molecular weight is 393 g/mol. The van der Waals surface area contributed by atoms with Crippen LogP contribution in [0.15, 0.2) is 53.3 Å². The Bertz CT molecular complexity index is 847. The molecule has 1 aromatic carbocycles. The van der Waals surface area contributed by atoms with Crippen molar-refractivity contribution in [1.82, 2.24) is 14.7 Å². The largest absolute Gasteiger partial charge is 0.350 e. The van der Waals surface area contributed by atoms with E-state index in [9.17, 15) is 4.79 Å². The summed E-state index contributed by atoms with van der Waals surface area (Å²) in [5, 5.41) is 3.59. The fourth-order valence-corrected chi connectivity index (χ4v) is 2.90. The van der Waals surface area contributed by atoms with Crippen LogP contribution >= 0.6 is 27.5 Å². The lowest BCUT2D eigenvalue weighted by Crippen LogP contribution is -2.23. The van der Waals surface area contributed by atoms with E-state index < -0.39 is 0 Å². The number of carbonyl (C=O) groups is 1. The van der Waals surface area contributed by atoms with Crippen molar-refractivity contribution in [2.45, 2.75) is 19.4 Å². The lowest BCUT2D eigenvalue weighted by Gasteiger charge is -2.04. The van der Waals surface area contributed by atoms with Crippen molar-refractivity contribution in [1.29, 1.82) is 0 Å².